The van der Waals surface area contributed by atoms with E-state index < -0.39 is 0 Å². The number of ether oxygens (including phenoxy) is 2. The van der Waals surface area contributed by atoms with Gasteiger partial charge in [0.25, 0.3) is 0 Å². The van der Waals surface area contributed by atoms with Crippen molar-refractivity contribution in [2.45, 2.75) is 26.7 Å². The Bertz CT molecular complexity index is 743. The molecule has 25 heavy (non-hydrogen) atoms. The molecular weight excluding hydrogens is 314 g/mol. The molecule has 0 aromatic heterocycles. The van der Waals surface area contributed by atoms with E-state index in [1.807, 2.05) is 36.4 Å². The Kier molecular flexibility index (Phi) is 6.63. The zero-order chi connectivity index (χ0) is 18.2. The Morgan fingerprint density at radius 3 is 2.28 bits per heavy atom. The Morgan fingerprint density at radius 1 is 1.04 bits per heavy atom. The van der Waals surface area contributed by atoms with Crippen LogP contribution >= 0.6 is 0 Å². The normalized spacial score (nSPS) is 10.7. The van der Waals surface area contributed by atoms with Crippen molar-refractivity contribution < 1.29 is 14.3 Å². The zero-order valence-electron chi connectivity index (χ0n) is 15.3. The summed E-state index contributed by atoms with van der Waals surface area (Å²) in [6, 6.07) is 11.6. The highest BCUT2D eigenvalue weighted by atomic mass is 16.5. The maximum atomic E-state index is 12.4. The van der Waals surface area contributed by atoms with Gasteiger partial charge in [0, 0.05) is 17.3 Å². The van der Waals surface area contributed by atoms with Crippen LogP contribution in [0.5, 0.6) is 11.5 Å². The third kappa shape index (κ3) is 4.63. The predicted molar refractivity (Wildman–Crippen MR) is 102 cm³/mol. The van der Waals surface area contributed by atoms with E-state index in [-0.39, 0.29) is 5.91 Å². The molecule has 0 unspecified atom stereocenters. The monoisotopic (exact) mass is 339 g/mol. The van der Waals surface area contributed by atoms with E-state index >= 15 is 0 Å². The fraction of sp³-hybridized carbons (Fsp3) is 0.286. The molecule has 2 aromatic rings. The number of rotatable bonds is 7. The summed E-state index contributed by atoms with van der Waals surface area (Å²) in [5, 5.41) is 3.02. The molecule has 0 aliphatic carbocycles. The van der Waals surface area contributed by atoms with Crippen LogP contribution in [-0.2, 0) is 17.6 Å². The van der Waals surface area contributed by atoms with Crippen LogP contribution in [-0.4, -0.2) is 20.1 Å². The third-order valence-corrected chi connectivity index (χ3v) is 4.10. The van der Waals surface area contributed by atoms with Crippen molar-refractivity contribution in [1.29, 1.82) is 0 Å². The van der Waals surface area contributed by atoms with Gasteiger partial charge in [0.2, 0.25) is 5.91 Å². The number of benzene rings is 2. The number of aryl methyl sites for hydroxylation is 2. The topological polar surface area (TPSA) is 47.6 Å². The molecule has 132 valence electrons. The SMILES string of the molecule is CCc1cccc(CC)c1NC(=O)/C=C/c1cc(OC)ccc1OC. The first-order valence-corrected chi connectivity index (χ1v) is 8.44. The first-order chi connectivity index (χ1) is 12.1. The van der Waals surface area contributed by atoms with Gasteiger partial charge in [-0.25, -0.2) is 0 Å². The third-order valence-electron chi connectivity index (χ3n) is 4.10. The Balaban J connectivity index is 2.22. The highest BCUT2D eigenvalue weighted by molar-refractivity contribution is 6.03. The summed E-state index contributed by atoms with van der Waals surface area (Å²) in [5.41, 5.74) is 3.98. The molecule has 1 N–H and O–H groups in total. The van der Waals surface area contributed by atoms with Gasteiger partial charge in [-0.1, -0.05) is 32.0 Å². The molecule has 0 spiro atoms. The number of anilines is 1. The largest absolute Gasteiger partial charge is 0.497 e. The average molecular weight is 339 g/mol. The predicted octanol–water partition coefficient (Wildman–Crippen LogP) is 4.48. The number of hydrogen-bond acceptors (Lipinski definition) is 3. The minimum atomic E-state index is -0.166. The molecular formula is C21H25NO3. The van der Waals surface area contributed by atoms with Crippen LogP contribution in [0.3, 0.4) is 0 Å². The molecule has 0 bridgehead atoms. The lowest BCUT2D eigenvalue weighted by Crippen LogP contribution is -2.11. The van der Waals surface area contributed by atoms with E-state index in [4.69, 9.17) is 9.47 Å². The fourth-order valence-electron chi connectivity index (χ4n) is 2.70. The highest BCUT2D eigenvalue weighted by Crippen LogP contribution is 2.26. The zero-order valence-corrected chi connectivity index (χ0v) is 15.3. The second kappa shape index (κ2) is 8.92. The quantitative estimate of drug-likeness (QED) is 0.757. The summed E-state index contributed by atoms with van der Waals surface area (Å²) in [6.45, 7) is 4.17. The van der Waals surface area contributed by atoms with Crippen molar-refractivity contribution in [1.82, 2.24) is 0 Å². The van der Waals surface area contributed by atoms with Crippen molar-refractivity contribution >= 4 is 17.7 Å². The van der Waals surface area contributed by atoms with Gasteiger partial charge in [-0.05, 0) is 48.2 Å². The van der Waals surface area contributed by atoms with Gasteiger partial charge >= 0.3 is 0 Å². The fourth-order valence-corrected chi connectivity index (χ4v) is 2.70. The molecule has 2 aromatic carbocycles. The second-order valence-electron chi connectivity index (χ2n) is 5.59. The van der Waals surface area contributed by atoms with Gasteiger partial charge in [-0.3, -0.25) is 4.79 Å². The van der Waals surface area contributed by atoms with Gasteiger partial charge < -0.3 is 14.8 Å². The molecule has 0 atom stereocenters. The Morgan fingerprint density at radius 2 is 1.72 bits per heavy atom. The number of para-hydroxylation sites is 1. The number of carbonyl (C=O) groups excluding carboxylic acids is 1. The molecule has 4 nitrogen and oxygen atoms in total. The van der Waals surface area contributed by atoms with Crippen LogP contribution in [0, 0.1) is 0 Å². The van der Waals surface area contributed by atoms with E-state index in [0.29, 0.717) is 11.5 Å². The van der Waals surface area contributed by atoms with Crippen LogP contribution in [0.2, 0.25) is 0 Å². The van der Waals surface area contributed by atoms with Crippen molar-refractivity contribution in [2.75, 3.05) is 19.5 Å². The number of methoxy groups -OCH3 is 2. The number of nitrogens with one attached hydrogen (secondary N) is 1. The number of amides is 1. The van der Waals surface area contributed by atoms with Crippen LogP contribution in [0.4, 0.5) is 5.69 Å². The van der Waals surface area contributed by atoms with E-state index in [0.717, 1.165) is 35.2 Å². The first-order valence-electron chi connectivity index (χ1n) is 8.44. The van der Waals surface area contributed by atoms with Crippen molar-refractivity contribution in [2.24, 2.45) is 0 Å². The molecule has 0 saturated heterocycles. The lowest BCUT2D eigenvalue weighted by atomic mass is 10.0. The molecule has 2 rings (SSSR count). The number of carbonyl (C=O) groups is 1. The summed E-state index contributed by atoms with van der Waals surface area (Å²) < 4.78 is 10.6. The maximum absolute atomic E-state index is 12.4. The Labute approximate surface area is 149 Å². The van der Waals surface area contributed by atoms with Gasteiger partial charge in [0.1, 0.15) is 11.5 Å². The van der Waals surface area contributed by atoms with E-state index in [1.165, 1.54) is 6.08 Å². The lowest BCUT2D eigenvalue weighted by Gasteiger charge is -2.13. The van der Waals surface area contributed by atoms with Crippen LogP contribution in [0.25, 0.3) is 6.08 Å². The first kappa shape index (κ1) is 18.6. The summed E-state index contributed by atoms with van der Waals surface area (Å²) in [5.74, 6) is 1.24. The molecule has 0 aliphatic heterocycles. The van der Waals surface area contributed by atoms with Crippen molar-refractivity contribution in [3.8, 4) is 11.5 Å². The lowest BCUT2D eigenvalue weighted by molar-refractivity contribution is -0.111. The summed E-state index contributed by atoms with van der Waals surface area (Å²) in [7, 11) is 3.21. The van der Waals surface area contributed by atoms with E-state index in [2.05, 4.69) is 19.2 Å². The van der Waals surface area contributed by atoms with Gasteiger partial charge in [0.05, 0.1) is 14.2 Å². The van der Waals surface area contributed by atoms with Crippen LogP contribution in [0.1, 0.15) is 30.5 Å². The molecule has 0 fully saturated rings. The molecule has 4 heteroatoms. The summed E-state index contributed by atoms with van der Waals surface area (Å²) in [6.07, 6.45) is 4.99. The summed E-state index contributed by atoms with van der Waals surface area (Å²) >= 11 is 0. The van der Waals surface area contributed by atoms with Gasteiger partial charge in [-0.2, -0.15) is 0 Å². The number of hydrogen-bond donors (Lipinski definition) is 1. The second-order valence-corrected chi connectivity index (χ2v) is 5.59. The van der Waals surface area contributed by atoms with Gasteiger partial charge in [0.15, 0.2) is 0 Å². The molecule has 0 radical (unpaired) electrons. The van der Waals surface area contributed by atoms with E-state index in [1.54, 1.807) is 20.3 Å². The minimum absolute atomic E-state index is 0.166. The average Bonchev–Trinajstić information content (AvgIpc) is 2.66. The summed E-state index contributed by atoms with van der Waals surface area (Å²) in [4.78, 5) is 12.4. The van der Waals surface area contributed by atoms with Gasteiger partial charge in [-0.15, -0.1) is 0 Å². The maximum Gasteiger partial charge on any atom is 0.248 e. The molecule has 1 amide bonds. The smallest absolute Gasteiger partial charge is 0.248 e. The van der Waals surface area contributed by atoms with Crippen LogP contribution in [0.15, 0.2) is 42.5 Å². The van der Waals surface area contributed by atoms with Crippen LogP contribution < -0.4 is 14.8 Å². The van der Waals surface area contributed by atoms with Crippen molar-refractivity contribution in [3.05, 3.63) is 59.2 Å². The highest BCUT2D eigenvalue weighted by Gasteiger charge is 2.09. The molecule has 0 heterocycles. The Hall–Kier alpha value is -2.75. The molecule has 0 aliphatic rings. The van der Waals surface area contributed by atoms with E-state index in [9.17, 15) is 4.79 Å². The standard InChI is InChI=1S/C21H25NO3/c1-5-15-8-7-9-16(6-2)21(15)22-20(23)13-10-17-14-18(24-3)11-12-19(17)25-4/h7-14H,5-6H2,1-4H3,(H,22,23)/b13-10+. The molecule has 0 saturated carbocycles. The van der Waals surface area contributed by atoms with Crippen molar-refractivity contribution in [3.63, 3.8) is 0 Å². The minimum Gasteiger partial charge on any atom is -0.497 e.